The molecule has 0 aromatic carbocycles. The summed E-state index contributed by atoms with van der Waals surface area (Å²) in [6.45, 7) is 7.09. The van der Waals surface area contributed by atoms with Crippen LogP contribution in [0.4, 0.5) is 0 Å². The lowest BCUT2D eigenvalue weighted by Crippen LogP contribution is -2.21. The number of hydrogen-bond donors (Lipinski definition) is 1. The summed E-state index contributed by atoms with van der Waals surface area (Å²) in [6.07, 6.45) is 3.59. The third kappa shape index (κ3) is 6.46. The molecule has 4 nitrogen and oxygen atoms in total. The van der Waals surface area contributed by atoms with Crippen molar-refractivity contribution in [3.8, 4) is 0 Å². The van der Waals surface area contributed by atoms with Crippen molar-refractivity contribution in [2.24, 2.45) is 0 Å². The molecule has 0 saturated heterocycles. The third-order valence-corrected chi connectivity index (χ3v) is 2.38. The second-order valence-corrected chi connectivity index (χ2v) is 3.74. The number of furan rings is 1. The highest BCUT2D eigenvalue weighted by molar-refractivity contribution is 4.97. The molecule has 1 heterocycles. The zero-order valence-corrected chi connectivity index (χ0v) is 10.8. The normalized spacial score (nSPS) is 11.2. The highest BCUT2D eigenvalue weighted by Gasteiger charge is 2.06. The van der Waals surface area contributed by atoms with Crippen LogP contribution in [0.3, 0.4) is 0 Å². The van der Waals surface area contributed by atoms with Crippen LogP contribution in [0, 0.1) is 0 Å². The molecule has 0 aliphatic rings. The van der Waals surface area contributed by atoms with Crippen LogP contribution < -0.4 is 5.32 Å². The van der Waals surface area contributed by atoms with Gasteiger partial charge in [-0.15, -0.1) is 0 Å². The van der Waals surface area contributed by atoms with Gasteiger partial charge in [0, 0.05) is 13.2 Å². The summed E-state index contributed by atoms with van der Waals surface area (Å²) in [7, 11) is 0. The highest BCUT2D eigenvalue weighted by Crippen LogP contribution is 2.04. The van der Waals surface area contributed by atoms with Gasteiger partial charge in [0.2, 0.25) is 0 Å². The average Bonchev–Trinajstić information content (AvgIpc) is 2.82. The van der Waals surface area contributed by atoms with E-state index in [1.165, 1.54) is 0 Å². The Hall–Kier alpha value is -0.840. The molecule has 0 amide bonds. The molecule has 1 aromatic rings. The van der Waals surface area contributed by atoms with E-state index in [4.69, 9.17) is 13.9 Å². The monoisotopic (exact) mass is 241 g/mol. The zero-order valence-electron chi connectivity index (χ0n) is 10.8. The summed E-state index contributed by atoms with van der Waals surface area (Å²) in [5, 5.41) is 3.32. The molecule has 0 aliphatic carbocycles. The van der Waals surface area contributed by atoms with Gasteiger partial charge in [0.1, 0.15) is 5.76 Å². The molecule has 0 radical (unpaired) electrons. The van der Waals surface area contributed by atoms with Crippen LogP contribution in [-0.4, -0.2) is 26.0 Å². The van der Waals surface area contributed by atoms with Gasteiger partial charge in [0.15, 0.2) is 6.29 Å². The molecule has 17 heavy (non-hydrogen) atoms. The van der Waals surface area contributed by atoms with E-state index in [0.717, 1.165) is 31.7 Å². The fourth-order valence-electron chi connectivity index (χ4n) is 1.61. The number of nitrogens with one attached hydrogen (secondary N) is 1. The van der Waals surface area contributed by atoms with Crippen molar-refractivity contribution in [2.75, 3.05) is 19.8 Å². The van der Waals surface area contributed by atoms with E-state index in [1.54, 1.807) is 6.26 Å². The Kier molecular flexibility index (Phi) is 7.71. The molecular weight excluding hydrogens is 218 g/mol. The van der Waals surface area contributed by atoms with E-state index in [0.29, 0.717) is 13.2 Å². The molecule has 0 unspecified atom stereocenters. The predicted molar refractivity (Wildman–Crippen MR) is 66.7 cm³/mol. The lowest BCUT2D eigenvalue weighted by Gasteiger charge is -2.16. The quantitative estimate of drug-likeness (QED) is 0.505. The maximum Gasteiger partial charge on any atom is 0.157 e. The van der Waals surface area contributed by atoms with E-state index < -0.39 is 0 Å². The fraction of sp³-hybridized carbons (Fsp3) is 0.692. The molecule has 4 heteroatoms. The number of hydrogen-bond acceptors (Lipinski definition) is 4. The van der Waals surface area contributed by atoms with Crippen molar-refractivity contribution >= 4 is 0 Å². The van der Waals surface area contributed by atoms with Gasteiger partial charge in [0.05, 0.1) is 12.8 Å². The molecule has 1 rings (SSSR count). The Labute approximate surface area is 103 Å². The zero-order chi connectivity index (χ0) is 12.3. The Morgan fingerprint density at radius 1 is 1.29 bits per heavy atom. The first-order valence-corrected chi connectivity index (χ1v) is 6.33. The molecule has 0 spiro atoms. The lowest BCUT2D eigenvalue weighted by atomic mass is 10.3. The minimum absolute atomic E-state index is 0.0598. The first-order chi connectivity index (χ1) is 8.36. The third-order valence-electron chi connectivity index (χ3n) is 2.38. The van der Waals surface area contributed by atoms with Crippen molar-refractivity contribution in [1.82, 2.24) is 5.32 Å². The Balaban J connectivity index is 2.01. The second-order valence-electron chi connectivity index (χ2n) is 3.74. The molecule has 0 saturated carbocycles. The molecule has 0 atom stereocenters. The molecule has 1 N–H and O–H groups in total. The summed E-state index contributed by atoms with van der Waals surface area (Å²) in [5.41, 5.74) is 0. The Morgan fingerprint density at radius 2 is 2.06 bits per heavy atom. The van der Waals surface area contributed by atoms with Crippen molar-refractivity contribution < 1.29 is 13.9 Å². The molecule has 0 fully saturated rings. The molecular formula is C13H23NO3. The molecule has 0 bridgehead atoms. The maximum absolute atomic E-state index is 5.47. The minimum Gasteiger partial charge on any atom is -0.468 e. The maximum atomic E-state index is 5.47. The summed E-state index contributed by atoms with van der Waals surface area (Å²) < 4.78 is 16.2. The van der Waals surface area contributed by atoms with Gasteiger partial charge in [-0.05, 0) is 45.4 Å². The van der Waals surface area contributed by atoms with E-state index in [9.17, 15) is 0 Å². The van der Waals surface area contributed by atoms with Crippen LogP contribution in [0.1, 0.15) is 32.4 Å². The largest absolute Gasteiger partial charge is 0.468 e. The van der Waals surface area contributed by atoms with Gasteiger partial charge in [-0.25, -0.2) is 0 Å². The first-order valence-electron chi connectivity index (χ1n) is 6.33. The van der Waals surface area contributed by atoms with Crippen molar-refractivity contribution in [1.29, 1.82) is 0 Å². The van der Waals surface area contributed by atoms with Crippen molar-refractivity contribution in [3.63, 3.8) is 0 Å². The Morgan fingerprint density at radius 3 is 2.65 bits per heavy atom. The fourth-order valence-corrected chi connectivity index (χ4v) is 1.61. The van der Waals surface area contributed by atoms with Gasteiger partial charge < -0.3 is 19.2 Å². The van der Waals surface area contributed by atoms with Crippen LogP contribution >= 0.6 is 0 Å². The van der Waals surface area contributed by atoms with E-state index in [2.05, 4.69) is 5.32 Å². The summed E-state index contributed by atoms with van der Waals surface area (Å²) in [4.78, 5) is 0. The van der Waals surface area contributed by atoms with Gasteiger partial charge in [0.25, 0.3) is 0 Å². The number of ether oxygens (including phenoxy) is 2. The molecule has 0 aliphatic heterocycles. The smallest absolute Gasteiger partial charge is 0.157 e. The standard InChI is InChI=1S/C13H23NO3/c1-3-15-13(16-4-2)8-5-9-14-11-12-7-6-10-17-12/h6-7,10,13-14H,3-5,8-9,11H2,1-2H3. The predicted octanol–water partition coefficient (Wildman–Crippen LogP) is 2.55. The molecule has 1 aromatic heterocycles. The van der Waals surface area contributed by atoms with Gasteiger partial charge in [-0.3, -0.25) is 0 Å². The highest BCUT2D eigenvalue weighted by atomic mass is 16.7. The number of rotatable bonds is 10. The average molecular weight is 241 g/mol. The Bertz CT molecular complexity index is 256. The van der Waals surface area contributed by atoms with E-state index >= 15 is 0 Å². The van der Waals surface area contributed by atoms with Gasteiger partial charge in [-0.1, -0.05) is 0 Å². The van der Waals surface area contributed by atoms with Crippen molar-refractivity contribution in [3.05, 3.63) is 24.2 Å². The van der Waals surface area contributed by atoms with Gasteiger partial charge in [-0.2, -0.15) is 0 Å². The summed E-state index contributed by atoms with van der Waals surface area (Å²) in [6, 6.07) is 3.87. The van der Waals surface area contributed by atoms with E-state index in [-0.39, 0.29) is 6.29 Å². The SMILES string of the molecule is CCOC(CCCNCc1ccco1)OCC. The topological polar surface area (TPSA) is 43.6 Å². The van der Waals surface area contributed by atoms with E-state index in [1.807, 2.05) is 26.0 Å². The van der Waals surface area contributed by atoms with Crippen LogP contribution in [0.25, 0.3) is 0 Å². The second kappa shape index (κ2) is 9.22. The minimum atomic E-state index is -0.0598. The summed E-state index contributed by atoms with van der Waals surface area (Å²) >= 11 is 0. The van der Waals surface area contributed by atoms with Crippen molar-refractivity contribution in [2.45, 2.75) is 39.5 Å². The lowest BCUT2D eigenvalue weighted by molar-refractivity contribution is -0.139. The molecule has 98 valence electrons. The van der Waals surface area contributed by atoms with Crippen LogP contribution in [-0.2, 0) is 16.0 Å². The first kappa shape index (κ1) is 14.2. The summed E-state index contributed by atoms with van der Waals surface area (Å²) in [5.74, 6) is 0.969. The van der Waals surface area contributed by atoms with Gasteiger partial charge >= 0.3 is 0 Å². The van der Waals surface area contributed by atoms with Crippen LogP contribution in [0.15, 0.2) is 22.8 Å². The van der Waals surface area contributed by atoms with Crippen LogP contribution in [0.2, 0.25) is 0 Å². The van der Waals surface area contributed by atoms with Crippen LogP contribution in [0.5, 0.6) is 0 Å².